The summed E-state index contributed by atoms with van der Waals surface area (Å²) in [6.07, 6.45) is 4.17. The van der Waals surface area contributed by atoms with Crippen molar-refractivity contribution < 1.29 is 9.90 Å². The molecule has 90 valence electrons. The number of nitrogens with one attached hydrogen (secondary N) is 1. The fourth-order valence-corrected chi connectivity index (χ4v) is 1.93. The second-order valence-electron chi connectivity index (χ2n) is 4.16. The summed E-state index contributed by atoms with van der Waals surface area (Å²) in [5.41, 5.74) is 0. The molecule has 0 aliphatic heterocycles. The van der Waals surface area contributed by atoms with E-state index in [1.165, 1.54) is 0 Å². The summed E-state index contributed by atoms with van der Waals surface area (Å²) in [5, 5.41) is 11.8. The molecule has 1 amide bonds. The Morgan fingerprint density at radius 3 is 2.53 bits per heavy atom. The molecule has 0 bridgehead atoms. The number of amides is 1. The first-order valence-corrected chi connectivity index (χ1v) is 6.88. The summed E-state index contributed by atoms with van der Waals surface area (Å²) in [4.78, 5) is 11.5. The Hall–Kier alpha value is -0.220. The highest BCUT2D eigenvalue weighted by molar-refractivity contribution is 7.98. The number of hydrogen-bond donors (Lipinski definition) is 2. The minimum Gasteiger partial charge on any atom is -0.396 e. The number of aliphatic hydroxyl groups is 1. The van der Waals surface area contributed by atoms with Gasteiger partial charge in [0.25, 0.3) is 0 Å². The van der Waals surface area contributed by atoms with E-state index < -0.39 is 0 Å². The van der Waals surface area contributed by atoms with Crippen molar-refractivity contribution in [2.45, 2.75) is 39.2 Å². The highest BCUT2D eigenvalue weighted by Gasteiger charge is 2.11. The molecule has 0 saturated carbocycles. The van der Waals surface area contributed by atoms with Gasteiger partial charge in [0.2, 0.25) is 5.91 Å². The van der Waals surface area contributed by atoms with Gasteiger partial charge in [0, 0.05) is 24.8 Å². The van der Waals surface area contributed by atoms with Crippen LogP contribution in [0.3, 0.4) is 0 Å². The Morgan fingerprint density at radius 1 is 1.40 bits per heavy atom. The zero-order valence-corrected chi connectivity index (χ0v) is 10.8. The second-order valence-corrected chi connectivity index (χ2v) is 5.08. The molecule has 0 heterocycles. The number of thioether (sulfide) groups is 1. The molecule has 0 saturated heterocycles. The van der Waals surface area contributed by atoms with E-state index in [1.54, 1.807) is 11.8 Å². The van der Waals surface area contributed by atoms with Gasteiger partial charge in [-0.05, 0) is 25.0 Å². The molecule has 0 spiro atoms. The lowest BCUT2D eigenvalue weighted by molar-refractivity contribution is -0.122. The molecule has 0 rings (SSSR count). The Balaban J connectivity index is 3.77. The maximum absolute atomic E-state index is 11.5. The van der Waals surface area contributed by atoms with Crippen LogP contribution in [0.15, 0.2) is 0 Å². The van der Waals surface area contributed by atoms with Gasteiger partial charge in [-0.3, -0.25) is 4.79 Å². The van der Waals surface area contributed by atoms with E-state index in [9.17, 15) is 4.79 Å². The zero-order chi connectivity index (χ0) is 11.7. The molecule has 2 N–H and O–H groups in total. The molecule has 3 nitrogen and oxygen atoms in total. The molecule has 0 aliphatic rings. The number of hydrogen-bond acceptors (Lipinski definition) is 3. The van der Waals surface area contributed by atoms with Crippen LogP contribution in [0.1, 0.15) is 33.1 Å². The maximum Gasteiger partial charge on any atom is 0.220 e. The molecule has 1 atom stereocenters. The van der Waals surface area contributed by atoms with Crippen molar-refractivity contribution in [1.82, 2.24) is 5.32 Å². The summed E-state index contributed by atoms with van der Waals surface area (Å²) in [5.74, 6) is 1.54. The smallest absolute Gasteiger partial charge is 0.220 e. The SMILES string of the molecule is CSCC(CCO)NC(=O)CCC(C)C. The minimum absolute atomic E-state index is 0.108. The van der Waals surface area contributed by atoms with Gasteiger partial charge < -0.3 is 10.4 Å². The van der Waals surface area contributed by atoms with Crippen molar-refractivity contribution in [2.24, 2.45) is 5.92 Å². The quantitative estimate of drug-likeness (QED) is 0.670. The molecule has 0 aromatic heterocycles. The Kier molecular flexibility index (Phi) is 8.91. The van der Waals surface area contributed by atoms with E-state index in [0.717, 1.165) is 12.2 Å². The first-order valence-electron chi connectivity index (χ1n) is 5.49. The van der Waals surface area contributed by atoms with Gasteiger partial charge in [0.1, 0.15) is 0 Å². The Labute approximate surface area is 97.0 Å². The lowest BCUT2D eigenvalue weighted by Gasteiger charge is -2.16. The first-order chi connectivity index (χ1) is 7.10. The van der Waals surface area contributed by atoms with E-state index in [-0.39, 0.29) is 18.6 Å². The van der Waals surface area contributed by atoms with E-state index in [1.807, 2.05) is 6.26 Å². The Bertz CT molecular complexity index is 168. The van der Waals surface area contributed by atoms with E-state index in [4.69, 9.17) is 5.11 Å². The molecule has 15 heavy (non-hydrogen) atoms. The van der Waals surface area contributed by atoms with Crippen LogP contribution in [-0.2, 0) is 4.79 Å². The van der Waals surface area contributed by atoms with E-state index in [0.29, 0.717) is 18.8 Å². The molecule has 0 radical (unpaired) electrons. The highest BCUT2D eigenvalue weighted by atomic mass is 32.2. The average Bonchev–Trinajstić information content (AvgIpc) is 2.15. The van der Waals surface area contributed by atoms with Gasteiger partial charge in [-0.1, -0.05) is 13.8 Å². The molecule has 0 aromatic rings. The van der Waals surface area contributed by atoms with Crippen molar-refractivity contribution in [1.29, 1.82) is 0 Å². The predicted octanol–water partition coefficient (Wildman–Crippen LogP) is 1.65. The van der Waals surface area contributed by atoms with Crippen LogP contribution in [0.5, 0.6) is 0 Å². The van der Waals surface area contributed by atoms with Gasteiger partial charge in [0.05, 0.1) is 0 Å². The number of rotatable bonds is 8. The molecule has 0 aromatic carbocycles. The second kappa shape index (κ2) is 9.04. The third-order valence-electron chi connectivity index (χ3n) is 2.16. The van der Waals surface area contributed by atoms with Gasteiger partial charge in [-0.15, -0.1) is 0 Å². The van der Waals surface area contributed by atoms with Crippen LogP contribution >= 0.6 is 11.8 Å². The minimum atomic E-state index is 0.108. The molecular formula is C11H23NO2S. The highest BCUT2D eigenvalue weighted by Crippen LogP contribution is 2.05. The predicted molar refractivity (Wildman–Crippen MR) is 66.1 cm³/mol. The molecule has 0 aliphatic carbocycles. The van der Waals surface area contributed by atoms with Crippen LogP contribution in [0.4, 0.5) is 0 Å². The normalized spacial score (nSPS) is 12.9. The van der Waals surface area contributed by atoms with Crippen molar-refractivity contribution in [2.75, 3.05) is 18.6 Å². The number of carbonyl (C=O) groups is 1. The number of carbonyl (C=O) groups excluding carboxylic acids is 1. The molecule has 0 fully saturated rings. The maximum atomic E-state index is 11.5. The summed E-state index contributed by atoms with van der Waals surface area (Å²) >= 11 is 1.69. The van der Waals surface area contributed by atoms with Crippen LogP contribution in [-0.4, -0.2) is 35.7 Å². The first kappa shape index (κ1) is 14.8. The van der Waals surface area contributed by atoms with Crippen LogP contribution in [0, 0.1) is 5.92 Å². The Morgan fingerprint density at radius 2 is 2.07 bits per heavy atom. The third kappa shape index (κ3) is 8.75. The largest absolute Gasteiger partial charge is 0.396 e. The van der Waals surface area contributed by atoms with Gasteiger partial charge in [-0.2, -0.15) is 11.8 Å². The third-order valence-corrected chi connectivity index (χ3v) is 2.89. The molecule has 1 unspecified atom stereocenters. The van der Waals surface area contributed by atoms with Gasteiger partial charge >= 0.3 is 0 Å². The summed E-state index contributed by atoms with van der Waals surface area (Å²) < 4.78 is 0. The van der Waals surface area contributed by atoms with Crippen molar-refractivity contribution in [3.63, 3.8) is 0 Å². The van der Waals surface area contributed by atoms with Crippen molar-refractivity contribution in [3.05, 3.63) is 0 Å². The molecular weight excluding hydrogens is 210 g/mol. The fraction of sp³-hybridized carbons (Fsp3) is 0.909. The van der Waals surface area contributed by atoms with Crippen molar-refractivity contribution in [3.8, 4) is 0 Å². The average molecular weight is 233 g/mol. The van der Waals surface area contributed by atoms with Gasteiger partial charge in [-0.25, -0.2) is 0 Å². The summed E-state index contributed by atoms with van der Waals surface area (Å²) in [7, 11) is 0. The van der Waals surface area contributed by atoms with Crippen LogP contribution in [0.25, 0.3) is 0 Å². The van der Waals surface area contributed by atoms with Crippen LogP contribution < -0.4 is 5.32 Å². The van der Waals surface area contributed by atoms with E-state index >= 15 is 0 Å². The van der Waals surface area contributed by atoms with Crippen LogP contribution in [0.2, 0.25) is 0 Å². The fourth-order valence-electron chi connectivity index (χ4n) is 1.27. The molecule has 4 heteroatoms. The lowest BCUT2D eigenvalue weighted by Crippen LogP contribution is -2.37. The monoisotopic (exact) mass is 233 g/mol. The van der Waals surface area contributed by atoms with Gasteiger partial charge in [0.15, 0.2) is 0 Å². The lowest BCUT2D eigenvalue weighted by atomic mass is 10.1. The summed E-state index contributed by atoms with van der Waals surface area (Å²) in [6.45, 7) is 4.36. The topological polar surface area (TPSA) is 49.3 Å². The van der Waals surface area contributed by atoms with Crippen molar-refractivity contribution >= 4 is 17.7 Å². The van der Waals surface area contributed by atoms with E-state index in [2.05, 4.69) is 19.2 Å². The standard InChI is InChI=1S/C11H23NO2S/c1-9(2)4-5-11(14)12-10(6-7-13)8-15-3/h9-10,13H,4-8H2,1-3H3,(H,12,14). The zero-order valence-electron chi connectivity index (χ0n) is 9.95. The number of aliphatic hydroxyl groups excluding tert-OH is 1. The summed E-state index contributed by atoms with van der Waals surface area (Å²) in [6, 6.07) is 0.115.